The van der Waals surface area contributed by atoms with Gasteiger partial charge in [0.15, 0.2) is 5.82 Å². The number of aromatic nitrogens is 3. The minimum atomic E-state index is -0.552. The molecular weight excluding hydrogens is 335 g/mol. The number of halogens is 1. The maximum atomic E-state index is 13.2. The fourth-order valence-electron chi connectivity index (χ4n) is 2.49. The highest BCUT2D eigenvalue weighted by Crippen LogP contribution is 2.30. The summed E-state index contributed by atoms with van der Waals surface area (Å²) >= 11 is 0. The number of methoxy groups -OCH3 is 1. The van der Waals surface area contributed by atoms with Crippen molar-refractivity contribution in [3.63, 3.8) is 0 Å². The van der Waals surface area contributed by atoms with E-state index in [-0.39, 0.29) is 6.04 Å². The molecule has 134 valence electrons. The summed E-state index contributed by atoms with van der Waals surface area (Å²) in [6, 6.07) is 8.09. The molecule has 3 aromatic rings. The van der Waals surface area contributed by atoms with Gasteiger partial charge in [0.05, 0.1) is 23.7 Å². The molecule has 0 aliphatic carbocycles. The van der Waals surface area contributed by atoms with Crippen molar-refractivity contribution in [2.75, 3.05) is 19.1 Å². The minimum absolute atomic E-state index is 0.165. The van der Waals surface area contributed by atoms with Crippen LogP contribution in [0.1, 0.15) is 24.2 Å². The highest BCUT2D eigenvalue weighted by Gasteiger charge is 2.18. The Morgan fingerprint density at radius 3 is 2.54 bits per heavy atom. The first-order valence-corrected chi connectivity index (χ1v) is 8.15. The molecular formula is C19H19FN4O2. The van der Waals surface area contributed by atoms with Crippen LogP contribution in [0.3, 0.4) is 0 Å². The monoisotopic (exact) mass is 354 g/mol. The Balaban J connectivity index is 2.23. The first-order chi connectivity index (χ1) is 12.4. The number of hydrogen-bond donors (Lipinski definition) is 0. The molecule has 0 unspecified atom stereocenters. The normalized spacial score (nSPS) is 11.0. The van der Waals surface area contributed by atoms with E-state index in [9.17, 15) is 9.18 Å². The number of rotatable bonds is 4. The second-order valence-corrected chi connectivity index (χ2v) is 6.17. The van der Waals surface area contributed by atoms with Crippen LogP contribution in [0.4, 0.5) is 10.2 Å². The fraction of sp³-hybridized carbons (Fsp3) is 0.263. The molecule has 7 heteroatoms. The molecule has 0 fully saturated rings. The van der Waals surface area contributed by atoms with Crippen molar-refractivity contribution in [2.24, 2.45) is 0 Å². The van der Waals surface area contributed by atoms with Gasteiger partial charge >= 0.3 is 5.97 Å². The van der Waals surface area contributed by atoms with E-state index in [1.54, 1.807) is 24.3 Å². The first-order valence-electron chi connectivity index (χ1n) is 8.15. The summed E-state index contributed by atoms with van der Waals surface area (Å²) in [4.78, 5) is 26.9. The molecule has 0 saturated carbocycles. The lowest BCUT2D eigenvalue weighted by molar-refractivity contribution is 0.0601. The van der Waals surface area contributed by atoms with Crippen LogP contribution in [0, 0.1) is 5.95 Å². The van der Waals surface area contributed by atoms with Crippen LogP contribution in [0.15, 0.2) is 36.5 Å². The molecule has 3 rings (SSSR count). The van der Waals surface area contributed by atoms with Crippen molar-refractivity contribution in [3.05, 3.63) is 48.0 Å². The SMILES string of the molecule is COC(=O)c1ccc2nc(-c3ccc(F)nc3)c(N(C)C(C)C)nc2c1. The summed E-state index contributed by atoms with van der Waals surface area (Å²) in [6.07, 6.45) is 1.44. The topological polar surface area (TPSA) is 68.2 Å². The molecule has 0 atom stereocenters. The molecule has 1 aromatic carbocycles. The number of carbonyl (C=O) groups excluding carboxylic acids is 1. The predicted molar refractivity (Wildman–Crippen MR) is 97.6 cm³/mol. The molecule has 0 saturated heterocycles. The van der Waals surface area contributed by atoms with Gasteiger partial charge in [0.25, 0.3) is 0 Å². The molecule has 6 nitrogen and oxygen atoms in total. The lowest BCUT2D eigenvalue weighted by atomic mass is 10.1. The number of anilines is 1. The average molecular weight is 354 g/mol. The summed E-state index contributed by atoms with van der Waals surface area (Å²) in [5.41, 5.74) is 2.88. The summed E-state index contributed by atoms with van der Waals surface area (Å²) in [6.45, 7) is 4.06. The van der Waals surface area contributed by atoms with Gasteiger partial charge in [0.2, 0.25) is 5.95 Å². The highest BCUT2D eigenvalue weighted by atomic mass is 19.1. The zero-order valence-electron chi connectivity index (χ0n) is 15.0. The van der Waals surface area contributed by atoms with E-state index in [2.05, 4.69) is 9.97 Å². The molecule has 26 heavy (non-hydrogen) atoms. The van der Waals surface area contributed by atoms with Gasteiger partial charge < -0.3 is 9.64 Å². The standard InChI is InChI=1S/C19H19FN4O2/c1-11(2)24(3)18-17(13-6-8-16(20)21-10-13)22-14-7-5-12(19(25)26-4)9-15(14)23-18/h5-11H,1-4H3. The summed E-state index contributed by atoms with van der Waals surface area (Å²) in [5.74, 6) is -0.355. The number of nitrogens with zero attached hydrogens (tertiary/aromatic N) is 4. The molecule has 0 aliphatic rings. The third kappa shape index (κ3) is 3.33. The van der Waals surface area contributed by atoms with Crippen molar-refractivity contribution in [1.82, 2.24) is 15.0 Å². The number of pyridine rings is 1. The van der Waals surface area contributed by atoms with Gasteiger partial charge in [-0.05, 0) is 44.2 Å². The number of fused-ring (bicyclic) bond motifs is 1. The van der Waals surface area contributed by atoms with Crippen molar-refractivity contribution >= 4 is 22.8 Å². The van der Waals surface area contributed by atoms with E-state index in [1.807, 2.05) is 25.8 Å². The molecule has 0 bridgehead atoms. The molecule has 0 amide bonds. The third-order valence-corrected chi connectivity index (χ3v) is 4.18. The Hall–Kier alpha value is -3.09. The number of ether oxygens (including phenoxy) is 1. The Labute approximate surface area is 150 Å². The minimum Gasteiger partial charge on any atom is -0.465 e. The number of carbonyl (C=O) groups is 1. The van der Waals surface area contributed by atoms with Crippen LogP contribution in [0.2, 0.25) is 0 Å². The Morgan fingerprint density at radius 1 is 1.15 bits per heavy atom. The van der Waals surface area contributed by atoms with Crippen LogP contribution >= 0.6 is 0 Å². The van der Waals surface area contributed by atoms with Crippen LogP contribution in [0.5, 0.6) is 0 Å². The Kier molecular flexibility index (Phi) is 4.79. The van der Waals surface area contributed by atoms with Gasteiger partial charge in [-0.15, -0.1) is 0 Å². The molecule has 0 N–H and O–H groups in total. The van der Waals surface area contributed by atoms with Gasteiger partial charge in [-0.1, -0.05) is 0 Å². The Morgan fingerprint density at radius 2 is 1.92 bits per heavy atom. The van der Waals surface area contributed by atoms with E-state index >= 15 is 0 Å². The van der Waals surface area contributed by atoms with Gasteiger partial charge in [-0.2, -0.15) is 4.39 Å². The van der Waals surface area contributed by atoms with E-state index in [0.717, 1.165) is 0 Å². The van der Waals surface area contributed by atoms with Crippen LogP contribution in [-0.2, 0) is 4.74 Å². The first kappa shape index (κ1) is 17.7. The number of esters is 1. The molecule has 2 aromatic heterocycles. The maximum absolute atomic E-state index is 13.2. The second kappa shape index (κ2) is 7.03. The van der Waals surface area contributed by atoms with Crippen molar-refractivity contribution in [2.45, 2.75) is 19.9 Å². The summed E-state index contributed by atoms with van der Waals surface area (Å²) in [5, 5.41) is 0. The van der Waals surface area contributed by atoms with Crippen molar-refractivity contribution in [1.29, 1.82) is 0 Å². The van der Waals surface area contributed by atoms with E-state index < -0.39 is 11.9 Å². The average Bonchev–Trinajstić information content (AvgIpc) is 2.65. The molecule has 0 aliphatic heterocycles. The van der Waals surface area contributed by atoms with Crippen LogP contribution in [-0.4, -0.2) is 41.1 Å². The number of benzene rings is 1. The second-order valence-electron chi connectivity index (χ2n) is 6.17. The fourth-order valence-corrected chi connectivity index (χ4v) is 2.49. The lowest BCUT2D eigenvalue weighted by Gasteiger charge is -2.25. The zero-order valence-corrected chi connectivity index (χ0v) is 15.0. The van der Waals surface area contributed by atoms with Gasteiger partial charge in [-0.25, -0.2) is 19.7 Å². The van der Waals surface area contributed by atoms with Crippen LogP contribution in [0.25, 0.3) is 22.3 Å². The maximum Gasteiger partial charge on any atom is 0.337 e. The molecule has 0 radical (unpaired) electrons. The number of hydrogen-bond acceptors (Lipinski definition) is 6. The van der Waals surface area contributed by atoms with Crippen LogP contribution < -0.4 is 4.90 Å². The van der Waals surface area contributed by atoms with E-state index in [4.69, 9.17) is 9.72 Å². The van der Waals surface area contributed by atoms with E-state index in [0.29, 0.717) is 33.7 Å². The molecule has 0 spiro atoms. The van der Waals surface area contributed by atoms with E-state index in [1.165, 1.54) is 19.4 Å². The largest absolute Gasteiger partial charge is 0.465 e. The molecule has 2 heterocycles. The quantitative estimate of drug-likeness (QED) is 0.528. The summed E-state index contributed by atoms with van der Waals surface area (Å²) < 4.78 is 18.0. The Bertz CT molecular complexity index is 958. The summed E-state index contributed by atoms with van der Waals surface area (Å²) in [7, 11) is 3.24. The highest BCUT2D eigenvalue weighted by molar-refractivity contribution is 5.94. The van der Waals surface area contributed by atoms with Gasteiger partial charge in [-0.3, -0.25) is 0 Å². The van der Waals surface area contributed by atoms with Gasteiger partial charge in [0, 0.05) is 24.8 Å². The van der Waals surface area contributed by atoms with Crippen molar-refractivity contribution < 1.29 is 13.9 Å². The van der Waals surface area contributed by atoms with Crippen molar-refractivity contribution in [3.8, 4) is 11.3 Å². The lowest BCUT2D eigenvalue weighted by Crippen LogP contribution is -2.27. The van der Waals surface area contributed by atoms with Gasteiger partial charge in [0.1, 0.15) is 5.69 Å². The third-order valence-electron chi connectivity index (χ3n) is 4.18. The zero-order chi connectivity index (χ0) is 18.8. The smallest absolute Gasteiger partial charge is 0.337 e. The predicted octanol–water partition coefficient (Wildman–Crippen LogP) is 3.46.